The predicted molar refractivity (Wildman–Crippen MR) is 91.9 cm³/mol. The number of carbonyl (C=O) groups excluding carboxylic acids is 1. The molecule has 0 atom stereocenters. The van der Waals surface area contributed by atoms with Crippen molar-refractivity contribution in [1.82, 2.24) is 5.32 Å². The van der Waals surface area contributed by atoms with Crippen LogP contribution in [-0.4, -0.2) is 22.6 Å². The molecule has 0 saturated heterocycles. The number of rotatable bonds is 6. The van der Waals surface area contributed by atoms with E-state index < -0.39 is 11.4 Å². The first-order chi connectivity index (χ1) is 11.1. The third-order valence-corrected chi connectivity index (χ3v) is 4.38. The van der Waals surface area contributed by atoms with Crippen molar-refractivity contribution in [3.05, 3.63) is 29.3 Å². The third kappa shape index (κ3) is 4.49. The average Bonchev–Trinajstić information content (AvgIpc) is 2.39. The van der Waals surface area contributed by atoms with Gasteiger partial charge in [-0.3, -0.25) is 9.59 Å². The number of nitrogens with one attached hydrogen (secondary N) is 1. The number of carboxylic acid groups (broad SMARTS) is 1. The second-order valence-corrected chi connectivity index (χ2v) is 7.72. The lowest BCUT2D eigenvalue weighted by Gasteiger charge is -2.36. The van der Waals surface area contributed by atoms with E-state index in [4.69, 9.17) is 4.74 Å². The third-order valence-electron chi connectivity index (χ3n) is 4.38. The Kier molecular flexibility index (Phi) is 5.21. The molecule has 0 aromatic heterocycles. The molecule has 132 valence electrons. The van der Waals surface area contributed by atoms with E-state index in [-0.39, 0.29) is 17.9 Å². The van der Waals surface area contributed by atoms with Gasteiger partial charge < -0.3 is 15.2 Å². The highest BCUT2D eigenvalue weighted by Gasteiger charge is 2.45. The van der Waals surface area contributed by atoms with Gasteiger partial charge in [0.05, 0.1) is 5.41 Å². The summed E-state index contributed by atoms with van der Waals surface area (Å²) in [4.78, 5) is 23.5. The smallest absolute Gasteiger partial charge is 0.310 e. The Morgan fingerprint density at radius 3 is 2.46 bits per heavy atom. The number of amides is 1. The monoisotopic (exact) mass is 333 g/mol. The zero-order valence-corrected chi connectivity index (χ0v) is 14.9. The van der Waals surface area contributed by atoms with Crippen molar-refractivity contribution in [2.45, 2.75) is 65.5 Å². The number of aryl methyl sites for hydroxylation is 1. The van der Waals surface area contributed by atoms with E-state index in [1.165, 1.54) is 0 Å². The van der Waals surface area contributed by atoms with Crippen LogP contribution in [0.2, 0.25) is 0 Å². The maximum atomic E-state index is 12.2. The van der Waals surface area contributed by atoms with E-state index in [1.54, 1.807) is 0 Å². The first-order valence-electron chi connectivity index (χ1n) is 8.40. The number of aliphatic carboxylic acids is 1. The summed E-state index contributed by atoms with van der Waals surface area (Å²) in [5.74, 6) is -0.338. The topological polar surface area (TPSA) is 75.6 Å². The molecule has 0 aliphatic heterocycles. The lowest BCUT2D eigenvalue weighted by atomic mass is 9.66. The van der Waals surface area contributed by atoms with Crippen molar-refractivity contribution < 1.29 is 19.4 Å². The summed E-state index contributed by atoms with van der Waals surface area (Å²) in [7, 11) is 0. The van der Waals surface area contributed by atoms with Crippen LogP contribution in [0.15, 0.2) is 18.2 Å². The molecule has 0 radical (unpaired) electrons. The van der Waals surface area contributed by atoms with Crippen molar-refractivity contribution in [2.24, 2.45) is 5.41 Å². The van der Waals surface area contributed by atoms with Crippen LogP contribution in [0.5, 0.6) is 5.75 Å². The summed E-state index contributed by atoms with van der Waals surface area (Å²) in [5, 5.41) is 12.2. The van der Waals surface area contributed by atoms with Gasteiger partial charge in [0.1, 0.15) is 11.4 Å². The molecule has 1 aromatic carbocycles. The molecule has 1 saturated carbocycles. The van der Waals surface area contributed by atoms with Gasteiger partial charge in [0.15, 0.2) is 0 Å². The molecule has 2 rings (SSSR count). The molecule has 1 aliphatic carbocycles. The highest BCUT2D eigenvalue weighted by atomic mass is 16.5. The molecule has 1 fully saturated rings. The zero-order valence-electron chi connectivity index (χ0n) is 14.9. The summed E-state index contributed by atoms with van der Waals surface area (Å²) in [6.45, 7) is 8.26. The van der Waals surface area contributed by atoms with Crippen LogP contribution < -0.4 is 10.1 Å². The molecule has 0 heterocycles. The van der Waals surface area contributed by atoms with Crippen LogP contribution in [0.4, 0.5) is 0 Å². The second kappa shape index (κ2) is 6.83. The van der Waals surface area contributed by atoms with E-state index in [1.807, 2.05) is 45.9 Å². The molecule has 24 heavy (non-hydrogen) atoms. The molecule has 5 heteroatoms. The Balaban J connectivity index is 2.01. The second-order valence-electron chi connectivity index (χ2n) is 7.72. The van der Waals surface area contributed by atoms with Crippen molar-refractivity contribution in [3.8, 4) is 5.75 Å². The summed E-state index contributed by atoms with van der Waals surface area (Å²) >= 11 is 0. The van der Waals surface area contributed by atoms with E-state index in [9.17, 15) is 14.7 Å². The minimum Gasteiger partial charge on any atom is -0.488 e. The zero-order chi connectivity index (χ0) is 18.0. The molecule has 5 nitrogen and oxygen atoms in total. The molecular formula is C19H27NO4. The van der Waals surface area contributed by atoms with Crippen molar-refractivity contribution in [3.63, 3.8) is 0 Å². The van der Waals surface area contributed by atoms with Gasteiger partial charge in [-0.15, -0.1) is 0 Å². The number of carboxylic acids is 1. The fraction of sp³-hybridized carbons (Fsp3) is 0.579. The van der Waals surface area contributed by atoms with Gasteiger partial charge >= 0.3 is 5.97 Å². The Morgan fingerprint density at radius 1 is 1.29 bits per heavy atom. The van der Waals surface area contributed by atoms with Gasteiger partial charge in [-0.25, -0.2) is 0 Å². The lowest BCUT2D eigenvalue weighted by Crippen LogP contribution is -2.42. The summed E-state index contributed by atoms with van der Waals surface area (Å²) in [6.07, 6.45) is 2.09. The Hall–Kier alpha value is -2.04. The number of hydrogen-bond donors (Lipinski definition) is 2. The van der Waals surface area contributed by atoms with Crippen LogP contribution in [0, 0.1) is 12.3 Å². The Morgan fingerprint density at radius 2 is 1.96 bits per heavy atom. The van der Waals surface area contributed by atoms with Crippen molar-refractivity contribution in [2.75, 3.05) is 0 Å². The predicted octanol–water partition coefficient (Wildman–Crippen LogP) is 3.43. The molecule has 1 aliphatic rings. The van der Waals surface area contributed by atoms with Crippen LogP contribution in [0.25, 0.3) is 0 Å². The summed E-state index contributed by atoms with van der Waals surface area (Å²) < 4.78 is 5.97. The van der Waals surface area contributed by atoms with Gasteiger partial charge in [0.25, 0.3) is 0 Å². The maximum absolute atomic E-state index is 12.2. The van der Waals surface area contributed by atoms with Gasteiger partial charge in [0, 0.05) is 18.5 Å². The van der Waals surface area contributed by atoms with Crippen molar-refractivity contribution >= 4 is 11.9 Å². The molecule has 1 amide bonds. The number of benzene rings is 1. The molecular weight excluding hydrogens is 306 g/mol. The first-order valence-corrected chi connectivity index (χ1v) is 8.40. The van der Waals surface area contributed by atoms with Crippen LogP contribution in [0.3, 0.4) is 0 Å². The van der Waals surface area contributed by atoms with Crippen LogP contribution in [-0.2, 0) is 16.1 Å². The Labute approximate surface area is 143 Å². The molecule has 1 aromatic rings. The standard InChI is InChI=1S/C19H27NO4/c1-13-6-7-14(15(10-13)24-18(2,3)4)12-20-16(21)11-19(17(22)23)8-5-9-19/h6-7,10H,5,8-9,11-12H2,1-4H3,(H,20,21)(H,22,23). The minimum absolute atomic E-state index is 0.0453. The lowest BCUT2D eigenvalue weighted by molar-refractivity contribution is -0.157. The normalized spacial score (nSPS) is 16.2. The van der Waals surface area contributed by atoms with Gasteiger partial charge in [0.2, 0.25) is 5.91 Å². The Bertz CT molecular complexity index is 627. The molecule has 2 N–H and O–H groups in total. The maximum Gasteiger partial charge on any atom is 0.310 e. The first kappa shape index (κ1) is 18.3. The highest BCUT2D eigenvalue weighted by molar-refractivity contribution is 5.85. The fourth-order valence-electron chi connectivity index (χ4n) is 2.87. The van der Waals surface area contributed by atoms with Crippen molar-refractivity contribution in [1.29, 1.82) is 0 Å². The van der Waals surface area contributed by atoms with E-state index in [0.717, 1.165) is 23.3 Å². The number of ether oxygens (including phenoxy) is 1. The fourth-order valence-corrected chi connectivity index (χ4v) is 2.87. The minimum atomic E-state index is -0.865. The molecule has 0 bridgehead atoms. The van der Waals surface area contributed by atoms with E-state index in [2.05, 4.69) is 5.32 Å². The molecule has 0 spiro atoms. The highest BCUT2D eigenvalue weighted by Crippen LogP contribution is 2.44. The van der Waals surface area contributed by atoms with E-state index >= 15 is 0 Å². The number of hydrogen-bond acceptors (Lipinski definition) is 3. The average molecular weight is 333 g/mol. The number of carbonyl (C=O) groups is 2. The van der Waals surface area contributed by atoms with Gasteiger partial charge in [-0.1, -0.05) is 18.6 Å². The molecule has 0 unspecified atom stereocenters. The van der Waals surface area contributed by atoms with E-state index in [0.29, 0.717) is 19.4 Å². The summed E-state index contributed by atoms with van der Waals surface area (Å²) in [6, 6.07) is 5.87. The van der Waals surface area contributed by atoms with Gasteiger partial charge in [-0.2, -0.15) is 0 Å². The van der Waals surface area contributed by atoms with Gasteiger partial charge in [-0.05, 0) is 52.2 Å². The quantitative estimate of drug-likeness (QED) is 0.836. The SMILES string of the molecule is Cc1ccc(CNC(=O)CC2(C(=O)O)CCC2)c(OC(C)(C)C)c1. The van der Waals surface area contributed by atoms with Crippen LogP contribution in [0.1, 0.15) is 57.6 Å². The summed E-state index contributed by atoms with van der Waals surface area (Å²) in [5.41, 5.74) is 0.791. The largest absolute Gasteiger partial charge is 0.488 e. The van der Waals surface area contributed by atoms with Crippen LogP contribution >= 0.6 is 0 Å².